The Morgan fingerprint density at radius 2 is 2.12 bits per heavy atom. The minimum absolute atomic E-state index is 0. The van der Waals surface area contributed by atoms with Gasteiger partial charge in [0.2, 0.25) is 0 Å². The van der Waals surface area contributed by atoms with Crippen molar-refractivity contribution in [2.45, 2.75) is 52.9 Å². The summed E-state index contributed by atoms with van der Waals surface area (Å²) in [5, 5.41) is 6.82. The molecule has 1 aliphatic carbocycles. The first kappa shape index (κ1) is 21.2. The third-order valence-electron chi connectivity index (χ3n) is 4.60. The van der Waals surface area contributed by atoms with Gasteiger partial charge in [-0.15, -0.1) is 24.0 Å². The lowest BCUT2D eigenvalue weighted by atomic mass is 9.64. The molecule has 1 aromatic heterocycles. The minimum atomic E-state index is 0. The molecule has 0 saturated heterocycles. The van der Waals surface area contributed by atoms with E-state index in [-0.39, 0.29) is 24.0 Å². The second-order valence-electron chi connectivity index (χ2n) is 7.18. The summed E-state index contributed by atoms with van der Waals surface area (Å²) in [4.78, 5) is 9.03. The molecule has 1 fully saturated rings. The second-order valence-corrected chi connectivity index (χ2v) is 7.18. The summed E-state index contributed by atoms with van der Waals surface area (Å²) in [6.45, 7) is 9.49. The molecule has 2 rings (SSSR count). The van der Waals surface area contributed by atoms with E-state index in [1.165, 1.54) is 31.2 Å². The highest BCUT2D eigenvalue weighted by Gasteiger charge is 2.37. The Balaban J connectivity index is 0.00000288. The Morgan fingerprint density at radius 1 is 1.33 bits per heavy atom. The molecule has 0 atom stereocenters. The van der Waals surface area contributed by atoms with Crippen LogP contribution in [0.3, 0.4) is 0 Å². The molecule has 1 aromatic rings. The van der Waals surface area contributed by atoms with Gasteiger partial charge in [-0.05, 0) is 55.6 Å². The quantitative estimate of drug-likeness (QED) is 0.362. The van der Waals surface area contributed by atoms with Crippen molar-refractivity contribution >= 4 is 29.9 Å². The lowest BCUT2D eigenvalue weighted by Crippen LogP contribution is -2.41. The first-order valence-corrected chi connectivity index (χ1v) is 9.05. The molecule has 24 heavy (non-hydrogen) atoms. The summed E-state index contributed by atoms with van der Waals surface area (Å²) in [7, 11) is 0. The van der Waals surface area contributed by atoms with Crippen molar-refractivity contribution in [2.75, 3.05) is 19.6 Å². The molecule has 0 radical (unpaired) electrons. The van der Waals surface area contributed by atoms with Crippen LogP contribution in [-0.4, -0.2) is 30.6 Å². The lowest BCUT2D eigenvalue weighted by Gasteiger charge is -2.42. The van der Waals surface area contributed by atoms with Crippen LogP contribution in [0.4, 0.5) is 0 Å². The third-order valence-corrected chi connectivity index (χ3v) is 4.60. The fourth-order valence-corrected chi connectivity index (χ4v) is 3.43. The van der Waals surface area contributed by atoms with E-state index < -0.39 is 0 Å². The zero-order valence-electron chi connectivity index (χ0n) is 15.3. The van der Waals surface area contributed by atoms with E-state index in [1.807, 2.05) is 18.5 Å². The van der Waals surface area contributed by atoms with Crippen molar-refractivity contribution in [3.8, 4) is 0 Å². The van der Waals surface area contributed by atoms with Crippen LogP contribution >= 0.6 is 24.0 Å². The molecule has 1 heterocycles. The van der Waals surface area contributed by atoms with Crippen molar-refractivity contribution in [2.24, 2.45) is 16.3 Å². The highest BCUT2D eigenvalue weighted by atomic mass is 127. The number of aliphatic imine (C=N–C) groups is 1. The van der Waals surface area contributed by atoms with Crippen LogP contribution in [0.1, 0.15) is 52.0 Å². The summed E-state index contributed by atoms with van der Waals surface area (Å²) in [5.41, 5.74) is 1.71. The average molecular weight is 444 g/mol. The van der Waals surface area contributed by atoms with Crippen molar-refractivity contribution in [1.29, 1.82) is 0 Å². The van der Waals surface area contributed by atoms with Crippen LogP contribution in [0.15, 0.2) is 29.5 Å². The fraction of sp³-hybridized carbons (Fsp3) is 0.684. The zero-order valence-corrected chi connectivity index (χ0v) is 17.7. The Labute approximate surface area is 164 Å². The molecule has 2 N–H and O–H groups in total. The first-order chi connectivity index (χ1) is 11.1. The summed E-state index contributed by atoms with van der Waals surface area (Å²) in [5.74, 6) is 1.71. The van der Waals surface area contributed by atoms with Gasteiger partial charge in [-0.25, -0.2) is 0 Å². The Hall–Kier alpha value is -0.850. The van der Waals surface area contributed by atoms with E-state index in [9.17, 15) is 0 Å². The first-order valence-electron chi connectivity index (χ1n) is 9.05. The Bertz CT molecular complexity index is 483. The average Bonchev–Trinajstić information content (AvgIpc) is 2.50. The molecule has 0 bridgehead atoms. The highest BCUT2D eigenvalue weighted by molar-refractivity contribution is 14.0. The summed E-state index contributed by atoms with van der Waals surface area (Å²) >= 11 is 0. The fourth-order valence-electron chi connectivity index (χ4n) is 3.43. The maximum Gasteiger partial charge on any atom is 0.191 e. The minimum Gasteiger partial charge on any atom is -0.357 e. The van der Waals surface area contributed by atoms with Gasteiger partial charge in [0.1, 0.15) is 0 Å². The predicted octanol–water partition coefficient (Wildman–Crippen LogP) is 4.01. The van der Waals surface area contributed by atoms with Crippen LogP contribution in [0.25, 0.3) is 0 Å². The van der Waals surface area contributed by atoms with E-state index >= 15 is 0 Å². The summed E-state index contributed by atoms with van der Waals surface area (Å²) < 4.78 is 0. The molecule has 0 amide bonds. The third kappa shape index (κ3) is 6.95. The number of rotatable bonds is 8. The molecular formula is C19H33IN4. The van der Waals surface area contributed by atoms with Gasteiger partial charge >= 0.3 is 0 Å². The van der Waals surface area contributed by atoms with Gasteiger partial charge in [-0.3, -0.25) is 9.98 Å². The number of halogens is 1. The van der Waals surface area contributed by atoms with Crippen LogP contribution < -0.4 is 10.6 Å². The van der Waals surface area contributed by atoms with E-state index in [0.717, 1.165) is 37.9 Å². The topological polar surface area (TPSA) is 49.3 Å². The van der Waals surface area contributed by atoms with Crippen LogP contribution in [0.2, 0.25) is 0 Å². The molecule has 5 heteroatoms. The molecule has 0 aliphatic heterocycles. The number of nitrogens with one attached hydrogen (secondary N) is 2. The maximum atomic E-state index is 4.87. The number of aromatic nitrogens is 1. The van der Waals surface area contributed by atoms with Gasteiger partial charge in [0.05, 0.1) is 0 Å². The maximum absolute atomic E-state index is 4.87. The monoisotopic (exact) mass is 444 g/mol. The van der Waals surface area contributed by atoms with E-state index in [0.29, 0.717) is 5.41 Å². The molecular weight excluding hydrogens is 411 g/mol. The SMILES string of the molecule is CCNC(=NCC1(CC(C)C)CCC1)NCCc1cccnc1.I. The number of hydrogen-bond donors (Lipinski definition) is 2. The smallest absolute Gasteiger partial charge is 0.191 e. The Morgan fingerprint density at radius 3 is 2.67 bits per heavy atom. The van der Waals surface area contributed by atoms with Gasteiger partial charge in [-0.1, -0.05) is 26.3 Å². The van der Waals surface area contributed by atoms with Gasteiger partial charge < -0.3 is 10.6 Å². The van der Waals surface area contributed by atoms with Crippen LogP contribution in [0, 0.1) is 11.3 Å². The van der Waals surface area contributed by atoms with E-state index in [1.54, 1.807) is 0 Å². The standard InChI is InChI=1S/C19H32N4.HI/c1-4-21-18(22-12-8-17-7-5-11-20-14-17)23-15-19(9-6-10-19)13-16(2)3;/h5,7,11,14,16H,4,6,8-10,12-13,15H2,1-3H3,(H2,21,22,23);1H. The molecule has 0 spiro atoms. The van der Waals surface area contributed by atoms with Crippen molar-refractivity contribution in [3.05, 3.63) is 30.1 Å². The molecule has 1 saturated carbocycles. The van der Waals surface area contributed by atoms with E-state index in [2.05, 4.69) is 42.5 Å². The number of nitrogens with zero attached hydrogens (tertiary/aromatic N) is 2. The van der Waals surface area contributed by atoms with Gasteiger partial charge in [-0.2, -0.15) is 0 Å². The Kier molecular flexibility index (Phi) is 9.63. The number of guanidine groups is 1. The normalized spacial score (nSPS) is 16.2. The van der Waals surface area contributed by atoms with Crippen molar-refractivity contribution < 1.29 is 0 Å². The van der Waals surface area contributed by atoms with Gasteiger partial charge in [0.25, 0.3) is 0 Å². The van der Waals surface area contributed by atoms with Crippen molar-refractivity contribution in [1.82, 2.24) is 15.6 Å². The zero-order chi connectivity index (χ0) is 16.5. The summed E-state index contributed by atoms with van der Waals surface area (Å²) in [6, 6.07) is 4.10. The molecule has 1 aliphatic rings. The van der Waals surface area contributed by atoms with E-state index in [4.69, 9.17) is 4.99 Å². The lowest BCUT2D eigenvalue weighted by molar-refractivity contribution is 0.111. The summed E-state index contributed by atoms with van der Waals surface area (Å²) in [6.07, 6.45) is 10.1. The molecule has 0 unspecified atom stereocenters. The van der Waals surface area contributed by atoms with Gasteiger partial charge in [0, 0.05) is 32.0 Å². The molecule has 0 aromatic carbocycles. The number of hydrogen-bond acceptors (Lipinski definition) is 2. The highest BCUT2D eigenvalue weighted by Crippen LogP contribution is 2.46. The van der Waals surface area contributed by atoms with Crippen LogP contribution in [-0.2, 0) is 6.42 Å². The second kappa shape index (κ2) is 10.9. The number of pyridine rings is 1. The largest absolute Gasteiger partial charge is 0.357 e. The van der Waals surface area contributed by atoms with Gasteiger partial charge in [0.15, 0.2) is 5.96 Å². The predicted molar refractivity (Wildman–Crippen MR) is 113 cm³/mol. The molecule has 136 valence electrons. The molecule has 4 nitrogen and oxygen atoms in total. The van der Waals surface area contributed by atoms with Crippen molar-refractivity contribution in [3.63, 3.8) is 0 Å². The van der Waals surface area contributed by atoms with Crippen LogP contribution in [0.5, 0.6) is 0 Å².